The van der Waals surface area contributed by atoms with Gasteiger partial charge in [-0.3, -0.25) is 4.79 Å². The summed E-state index contributed by atoms with van der Waals surface area (Å²) in [5.74, 6) is 2.38. The first-order valence-electron chi connectivity index (χ1n) is 10.0. The third-order valence-corrected chi connectivity index (χ3v) is 8.27. The Morgan fingerprint density at radius 1 is 1.24 bits per heavy atom. The van der Waals surface area contributed by atoms with Crippen LogP contribution < -0.4 is 0 Å². The van der Waals surface area contributed by atoms with Crippen LogP contribution in [0.2, 0.25) is 0 Å². The van der Waals surface area contributed by atoms with Crippen LogP contribution in [0.5, 0.6) is 0 Å². The lowest BCUT2D eigenvalue weighted by Crippen LogP contribution is -2.56. The van der Waals surface area contributed by atoms with Gasteiger partial charge in [-0.05, 0) is 81.5 Å². The van der Waals surface area contributed by atoms with E-state index in [2.05, 4.69) is 38.9 Å². The summed E-state index contributed by atoms with van der Waals surface area (Å²) in [7, 11) is 4.34. The van der Waals surface area contributed by atoms with Gasteiger partial charge >= 0.3 is 0 Å². The molecule has 4 aliphatic carbocycles. The Bertz CT molecular complexity index is 636. The molecule has 1 N–H and O–H groups in total. The summed E-state index contributed by atoms with van der Waals surface area (Å²) in [6.07, 6.45) is 11.1. The number of nitrogens with zero attached hydrogens (tertiary/aromatic N) is 1. The zero-order chi connectivity index (χ0) is 18.0. The van der Waals surface area contributed by atoms with E-state index in [9.17, 15) is 9.90 Å². The van der Waals surface area contributed by atoms with Crippen LogP contribution in [-0.4, -0.2) is 42.5 Å². The number of hydrogen-bond donors (Lipinski definition) is 1. The molecule has 0 saturated heterocycles. The Labute approximate surface area is 152 Å². The quantitative estimate of drug-likeness (QED) is 0.835. The molecule has 138 valence electrons. The largest absolute Gasteiger partial charge is 0.393 e. The SMILES string of the molecule is CN(C)CC1CCC2[C@@H]3CCC4=CC(=O)C=CC4(C)C3C(O)CC12C. The number of allylic oxidation sites excluding steroid dienone is 4. The van der Waals surface area contributed by atoms with Crippen LogP contribution in [-0.2, 0) is 4.79 Å². The molecule has 3 heteroatoms. The fourth-order valence-electron chi connectivity index (χ4n) is 7.17. The second kappa shape index (κ2) is 5.79. The van der Waals surface area contributed by atoms with Crippen molar-refractivity contribution in [1.82, 2.24) is 4.90 Å². The smallest absolute Gasteiger partial charge is 0.178 e. The van der Waals surface area contributed by atoms with Crippen molar-refractivity contribution in [2.45, 2.75) is 52.1 Å². The average molecular weight is 344 g/mol. The Kier molecular flexibility index (Phi) is 4.05. The first-order valence-corrected chi connectivity index (χ1v) is 10.0. The molecule has 0 amide bonds. The molecule has 4 rings (SSSR count). The molecule has 0 spiro atoms. The van der Waals surface area contributed by atoms with Crippen LogP contribution in [0, 0.1) is 34.5 Å². The third kappa shape index (κ3) is 2.49. The van der Waals surface area contributed by atoms with Crippen LogP contribution >= 0.6 is 0 Å². The summed E-state index contributed by atoms with van der Waals surface area (Å²) < 4.78 is 0. The standard InChI is InChI=1S/C22H33NO2/c1-21-10-9-16(24)11-14(21)5-7-17-18-8-6-15(13-23(3)4)22(18,2)12-19(25)20(17)21/h9-11,15,17-20,25H,5-8,12-13H2,1-4H3/t15?,17-,18?,19?,20?,21?,22?/m0/s1. The normalized spacial score (nSPS) is 48.8. The molecule has 0 aromatic carbocycles. The van der Waals surface area contributed by atoms with E-state index >= 15 is 0 Å². The van der Waals surface area contributed by atoms with Gasteiger partial charge in [0.1, 0.15) is 0 Å². The van der Waals surface area contributed by atoms with E-state index in [4.69, 9.17) is 0 Å². The van der Waals surface area contributed by atoms with Gasteiger partial charge in [0.2, 0.25) is 0 Å². The Morgan fingerprint density at radius 3 is 2.72 bits per heavy atom. The van der Waals surface area contributed by atoms with E-state index in [-0.39, 0.29) is 28.6 Å². The van der Waals surface area contributed by atoms with Gasteiger partial charge < -0.3 is 10.0 Å². The molecule has 7 atom stereocenters. The number of aliphatic hydroxyl groups excluding tert-OH is 1. The Hall–Kier alpha value is -0.930. The van der Waals surface area contributed by atoms with Crippen LogP contribution in [0.4, 0.5) is 0 Å². The van der Waals surface area contributed by atoms with Crippen LogP contribution in [0.15, 0.2) is 23.8 Å². The highest BCUT2D eigenvalue weighted by Gasteiger charge is 2.61. The summed E-state index contributed by atoms with van der Waals surface area (Å²) >= 11 is 0. The number of fused-ring (bicyclic) bond motifs is 5. The maximum absolute atomic E-state index is 11.9. The molecule has 0 aliphatic heterocycles. The van der Waals surface area contributed by atoms with Crippen molar-refractivity contribution in [1.29, 1.82) is 0 Å². The maximum atomic E-state index is 11.9. The summed E-state index contributed by atoms with van der Waals surface area (Å²) in [4.78, 5) is 14.2. The first kappa shape index (κ1) is 17.5. The van der Waals surface area contributed by atoms with Crippen molar-refractivity contribution in [2.75, 3.05) is 20.6 Å². The van der Waals surface area contributed by atoms with Crippen molar-refractivity contribution in [3.8, 4) is 0 Å². The number of carbonyl (C=O) groups is 1. The minimum absolute atomic E-state index is 0.118. The van der Waals surface area contributed by atoms with E-state index in [1.807, 2.05) is 6.08 Å². The zero-order valence-corrected chi connectivity index (χ0v) is 16.2. The molecule has 0 heterocycles. The van der Waals surface area contributed by atoms with Gasteiger partial charge in [-0.1, -0.05) is 25.5 Å². The van der Waals surface area contributed by atoms with Crippen LogP contribution in [0.1, 0.15) is 46.0 Å². The summed E-state index contributed by atoms with van der Waals surface area (Å²) in [5, 5.41) is 11.3. The summed E-state index contributed by atoms with van der Waals surface area (Å²) in [6.45, 7) is 5.84. The highest BCUT2D eigenvalue weighted by molar-refractivity contribution is 6.01. The molecule has 0 aromatic rings. The number of rotatable bonds is 2. The second-order valence-electron chi connectivity index (χ2n) is 9.84. The molecule has 3 nitrogen and oxygen atoms in total. The monoisotopic (exact) mass is 343 g/mol. The number of hydrogen-bond acceptors (Lipinski definition) is 3. The third-order valence-electron chi connectivity index (χ3n) is 8.27. The molecule has 4 aliphatic rings. The van der Waals surface area contributed by atoms with Crippen molar-refractivity contribution >= 4 is 5.78 Å². The highest BCUT2D eigenvalue weighted by Crippen LogP contribution is 2.65. The Morgan fingerprint density at radius 2 is 2.00 bits per heavy atom. The second-order valence-corrected chi connectivity index (χ2v) is 9.84. The molecule has 6 unspecified atom stereocenters. The number of aliphatic hydroxyl groups is 1. The van der Waals surface area contributed by atoms with Crippen molar-refractivity contribution < 1.29 is 9.90 Å². The lowest BCUT2D eigenvalue weighted by atomic mass is 9.47. The summed E-state index contributed by atoms with van der Waals surface area (Å²) in [6, 6.07) is 0. The van der Waals surface area contributed by atoms with Gasteiger partial charge in [0, 0.05) is 17.9 Å². The predicted molar refractivity (Wildman–Crippen MR) is 100 cm³/mol. The van der Waals surface area contributed by atoms with Gasteiger partial charge in [-0.2, -0.15) is 0 Å². The van der Waals surface area contributed by atoms with Crippen LogP contribution in [0.25, 0.3) is 0 Å². The van der Waals surface area contributed by atoms with Crippen molar-refractivity contribution in [3.63, 3.8) is 0 Å². The zero-order valence-electron chi connectivity index (χ0n) is 16.2. The van der Waals surface area contributed by atoms with E-state index in [0.29, 0.717) is 11.8 Å². The molecular formula is C22H33NO2. The fourth-order valence-corrected chi connectivity index (χ4v) is 7.17. The molecule has 0 aromatic heterocycles. The number of carbonyl (C=O) groups excluding carboxylic acids is 1. The molecule has 0 bridgehead atoms. The highest BCUT2D eigenvalue weighted by atomic mass is 16.3. The van der Waals surface area contributed by atoms with E-state index in [1.165, 1.54) is 18.4 Å². The topological polar surface area (TPSA) is 40.5 Å². The molecule has 25 heavy (non-hydrogen) atoms. The predicted octanol–water partition coefficient (Wildman–Crippen LogP) is 3.44. The molecule has 3 saturated carbocycles. The van der Waals surface area contributed by atoms with Crippen molar-refractivity contribution in [2.24, 2.45) is 34.5 Å². The molecule has 0 radical (unpaired) electrons. The van der Waals surface area contributed by atoms with E-state index in [0.717, 1.165) is 31.7 Å². The fraction of sp³-hybridized carbons (Fsp3) is 0.773. The summed E-state index contributed by atoms with van der Waals surface area (Å²) in [5.41, 5.74) is 1.39. The van der Waals surface area contributed by atoms with Gasteiger partial charge in [0.15, 0.2) is 5.78 Å². The minimum atomic E-state index is -0.263. The minimum Gasteiger partial charge on any atom is -0.393 e. The van der Waals surface area contributed by atoms with Gasteiger partial charge in [-0.15, -0.1) is 0 Å². The van der Waals surface area contributed by atoms with Gasteiger partial charge in [0.25, 0.3) is 0 Å². The number of ketones is 1. The van der Waals surface area contributed by atoms with Gasteiger partial charge in [-0.25, -0.2) is 0 Å². The van der Waals surface area contributed by atoms with Gasteiger partial charge in [0.05, 0.1) is 6.10 Å². The van der Waals surface area contributed by atoms with E-state index < -0.39 is 0 Å². The van der Waals surface area contributed by atoms with Crippen LogP contribution in [0.3, 0.4) is 0 Å². The molecular weight excluding hydrogens is 310 g/mol. The van der Waals surface area contributed by atoms with Crippen molar-refractivity contribution in [3.05, 3.63) is 23.8 Å². The average Bonchev–Trinajstić information content (AvgIpc) is 2.83. The molecule has 3 fully saturated rings. The first-order chi connectivity index (χ1) is 11.8. The lowest BCUT2D eigenvalue weighted by Gasteiger charge is -2.59. The lowest BCUT2D eigenvalue weighted by molar-refractivity contribution is -0.119. The maximum Gasteiger partial charge on any atom is 0.178 e. The Balaban J connectivity index is 1.68. The van der Waals surface area contributed by atoms with E-state index in [1.54, 1.807) is 6.08 Å².